The molecule has 124 valence electrons. The maximum absolute atomic E-state index is 12.5. The molecule has 0 radical (unpaired) electrons. The van der Waals surface area contributed by atoms with Crippen LogP contribution in [0.2, 0.25) is 0 Å². The molecule has 0 spiro atoms. The van der Waals surface area contributed by atoms with Crippen LogP contribution in [0.15, 0.2) is 40.9 Å². The van der Waals surface area contributed by atoms with Crippen molar-refractivity contribution in [2.75, 3.05) is 14.2 Å². The molecule has 0 fully saturated rings. The van der Waals surface area contributed by atoms with Gasteiger partial charge < -0.3 is 14.2 Å². The Balaban J connectivity index is 1.75. The number of carbonyl (C=O) groups excluding carboxylic acids is 1. The Kier molecular flexibility index (Phi) is 4.33. The molecule has 0 unspecified atom stereocenters. The Hall–Kier alpha value is -3.09. The zero-order valence-corrected chi connectivity index (χ0v) is 13.7. The largest absolute Gasteiger partial charge is 0.497 e. The van der Waals surface area contributed by atoms with E-state index in [-0.39, 0.29) is 5.91 Å². The normalized spacial score (nSPS) is 10.6. The van der Waals surface area contributed by atoms with Crippen LogP contribution in [0.3, 0.4) is 0 Å². The maximum Gasteiger partial charge on any atom is 0.271 e. The average molecular weight is 326 g/mol. The Morgan fingerprint density at radius 3 is 2.88 bits per heavy atom. The smallest absolute Gasteiger partial charge is 0.271 e. The van der Waals surface area contributed by atoms with Gasteiger partial charge in [0.25, 0.3) is 5.91 Å². The lowest BCUT2D eigenvalue weighted by atomic mass is 10.1. The summed E-state index contributed by atoms with van der Waals surface area (Å²) in [7, 11) is 3.32. The number of ether oxygens (including phenoxy) is 1. The number of hydrogen-bond donors (Lipinski definition) is 1. The first-order chi connectivity index (χ1) is 11.6. The number of rotatable bonds is 5. The van der Waals surface area contributed by atoms with Crippen LogP contribution in [0.5, 0.6) is 5.75 Å². The molecule has 0 saturated carbocycles. The molecule has 1 aromatic carbocycles. The van der Waals surface area contributed by atoms with E-state index >= 15 is 0 Å². The van der Waals surface area contributed by atoms with E-state index in [1.165, 1.54) is 0 Å². The van der Waals surface area contributed by atoms with Gasteiger partial charge in [-0.15, -0.1) is 0 Å². The van der Waals surface area contributed by atoms with Gasteiger partial charge in [-0.1, -0.05) is 17.3 Å². The number of hydrogen-bond acceptors (Lipinski definition) is 5. The summed E-state index contributed by atoms with van der Waals surface area (Å²) in [5.74, 6) is 1.28. The highest BCUT2D eigenvalue weighted by atomic mass is 16.5. The minimum atomic E-state index is -0.169. The Morgan fingerprint density at radius 2 is 2.17 bits per heavy atom. The number of H-pyrrole nitrogens is 1. The fraction of sp³-hybridized carbons (Fsp3) is 0.235. The Bertz CT molecular complexity index is 853. The third kappa shape index (κ3) is 3.29. The quantitative estimate of drug-likeness (QED) is 0.779. The van der Waals surface area contributed by atoms with E-state index in [4.69, 9.17) is 9.26 Å². The van der Waals surface area contributed by atoms with Gasteiger partial charge in [0.05, 0.1) is 19.3 Å². The van der Waals surface area contributed by atoms with Crippen molar-refractivity contribution in [3.05, 3.63) is 53.5 Å². The standard InChI is InChI=1S/C17H18N4O3/c1-11-7-13(20-24-11)10-21(2)17(22)16-9-15(18-19-16)12-5-4-6-14(8-12)23-3/h4-9H,10H2,1-3H3,(H,18,19). The number of aryl methyl sites for hydroxylation is 1. The van der Waals surface area contributed by atoms with Crippen LogP contribution < -0.4 is 4.74 Å². The van der Waals surface area contributed by atoms with Crippen LogP contribution in [0, 0.1) is 6.92 Å². The molecule has 0 aliphatic carbocycles. The molecular formula is C17H18N4O3. The first kappa shape index (κ1) is 15.8. The number of carbonyl (C=O) groups is 1. The zero-order valence-electron chi connectivity index (χ0n) is 13.7. The molecule has 7 nitrogen and oxygen atoms in total. The number of amides is 1. The number of aromatic nitrogens is 3. The molecule has 1 N–H and O–H groups in total. The van der Waals surface area contributed by atoms with Gasteiger partial charge in [0.2, 0.25) is 0 Å². The lowest BCUT2D eigenvalue weighted by molar-refractivity contribution is 0.0776. The summed E-state index contributed by atoms with van der Waals surface area (Å²) in [5, 5.41) is 10.9. The van der Waals surface area contributed by atoms with Gasteiger partial charge in [0, 0.05) is 18.7 Å². The summed E-state index contributed by atoms with van der Waals surface area (Å²) in [4.78, 5) is 14.1. The van der Waals surface area contributed by atoms with Crippen LogP contribution in [0.4, 0.5) is 0 Å². The number of nitrogens with one attached hydrogen (secondary N) is 1. The van der Waals surface area contributed by atoms with Gasteiger partial charge in [-0.3, -0.25) is 9.89 Å². The van der Waals surface area contributed by atoms with E-state index in [9.17, 15) is 4.79 Å². The van der Waals surface area contributed by atoms with Crippen molar-refractivity contribution in [3.63, 3.8) is 0 Å². The Morgan fingerprint density at radius 1 is 1.33 bits per heavy atom. The number of methoxy groups -OCH3 is 1. The van der Waals surface area contributed by atoms with E-state index in [2.05, 4.69) is 15.4 Å². The van der Waals surface area contributed by atoms with Crippen molar-refractivity contribution in [2.24, 2.45) is 0 Å². The first-order valence-corrected chi connectivity index (χ1v) is 7.44. The monoisotopic (exact) mass is 326 g/mol. The van der Waals surface area contributed by atoms with Gasteiger partial charge in [-0.2, -0.15) is 5.10 Å². The SMILES string of the molecule is COc1cccc(-c2cc(C(=O)N(C)Cc3cc(C)on3)[nH]n2)c1. The lowest BCUT2D eigenvalue weighted by Crippen LogP contribution is -2.26. The van der Waals surface area contributed by atoms with Gasteiger partial charge in [-0.05, 0) is 25.1 Å². The molecule has 3 aromatic rings. The highest BCUT2D eigenvalue weighted by Gasteiger charge is 2.17. The van der Waals surface area contributed by atoms with Gasteiger partial charge >= 0.3 is 0 Å². The fourth-order valence-electron chi connectivity index (χ4n) is 2.37. The third-order valence-corrected chi connectivity index (χ3v) is 3.60. The van der Waals surface area contributed by atoms with E-state index < -0.39 is 0 Å². The molecule has 1 amide bonds. The van der Waals surface area contributed by atoms with Crippen molar-refractivity contribution < 1.29 is 14.1 Å². The third-order valence-electron chi connectivity index (χ3n) is 3.60. The van der Waals surface area contributed by atoms with Gasteiger partial charge in [0.15, 0.2) is 0 Å². The summed E-state index contributed by atoms with van der Waals surface area (Å²) in [5.41, 5.74) is 2.67. The van der Waals surface area contributed by atoms with Crippen LogP contribution in [0.1, 0.15) is 21.9 Å². The predicted molar refractivity (Wildman–Crippen MR) is 87.6 cm³/mol. The minimum Gasteiger partial charge on any atom is -0.497 e. The van der Waals surface area contributed by atoms with Crippen LogP contribution in [-0.2, 0) is 6.54 Å². The van der Waals surface area contributed by atoms with Crippen LogP contribution in [0.25, 0.3) is 11.3 Å². The van der Waals surface area contributed by atoms with E-state index in [0.717, 1.165) is 11.3 Å². The Labute approximate surface area is 139 Å². The molecule has 0 aliphatic rings. The van der Waals surface area contributed by atoms with Crippen molar-refractivity contribution in [3.8, 4) is 17.0 Å². The average Bonchev–Trinajstić information content (AvgIpc) is 3.23. The van der Waals surface area contributed by atoms with Crippen molar-refractivity contribution in [1.29, 1.82) is 0 Å². The van der Waals surface area contributed by atoms with E-state index in [1.807, 2.05) is 31.2 Å². The molecule has 7 heteroatoms. The summed E-state index contributed by atoms with van der Waals surface area (Å²) < 4.78 is 10.2. The summed E-state index contributed by atoms with van der Waals surface area (Å²) in [6, 6.07) is 11.0. The highest BCUT2D eigenvalue weighted by Crippen LogP contribution is 2.23. The lowest BCUT2D eigenvalue weighted by Gasteiger charge is -2.13. The molecule has 3 rings (SSSR count). The molecule has 2 aromatic heterocycles. The number of aromatic amines is 1. The van der Waals surface area contributed by atoms with E-state index in [0.29, 0.717) is 29.4 Å². The van der Waals surface area contributed by atoms with Gasteiger partial charge in [-0.25, -0.2) is 0 Å². The number of benzene rings is 1. The summed E-state index contributed by atoms with van der Waals surface area (Å²) >= 11 is 0. The first-order valence-electron chi connectivity index (χ1n) is 7.44. The van der Waals surface area contributed by atoms with Crippen LogP contribution >= 0.6 is 0 Å². The van der Waals surface area contributed by atoms with Crippen molar-refractivity contribution >= 4 is 5.91 Å². The highest BCUT2D eigenvalue weighted by molar-refractivity contribution is 5.93. The molecule has 2 heterocycles. The molecular weight excluding hydrogens is 308 g/mol. The molecule has 24 heavy (non-hydrogen) atoms. The zero-order chi connectivity index (χ0) is 17.1. The second kappa shape index (κ2) is 6.57. The molecule has 0 aliphatic heterocycles. The number of nitrogens with zero attached hydrogens (tertiary/aromatic N) is 3. The topological polar surface area (TPSA) is 84.2 Å². The minimum absolute atomic E-state index is 0.169. The summed E-state index contributed by atoms with van der Waals surface area (Å²) in [6.45, 7) is 2.18. The molecule has 0 atom stereocenters. The van der Waals surface area contributed by atoms with Gasteiger partial charge in [0.1, 0.15) is 22.9 Å². The van der Waals surface area contributed by atoms with E-state index in [1.54, 1.807) is 31.2 Å². The van der Waals surface area contributed by atoms with Crippen molar-refractivity contribution in [2.45, 2.75) is 13.5 Å². The van der Waals surface area contributed by atoms with Crippen molar-refractivity contribution in [1.82, 2.24) is 20.3 Å². The fourth-order valence-corrected chi connectivity index (χ4v) is 2.37. The predicted octanol–water partition coefficient (Wildman–Crippen LogP) is 2.65. The second-order valence-corrected chi connectivity index (χ2v) is 5.49. The molecule has 0 saturated heterocycles. The maximum atomic E-state index is 12.5. The summed E-state index contributed by atoms with van der Waals surface area (Å²) in [6.07, 6.45) is 0. The molecule has 0 bridgehead atoms. The van der Waals surface area contributed by atoms with Crippen LogP contribution in [-0.4, -0.2) is 40.3 Å². The second-order valence-electron chi connectivity index (χ2n) is 5.49.